The molecule has 0 aliphatic heterocycles. The number of alkyl halides is 2. The first-order chi connectivity index (χ1) is 5.27. The van der Waals surface area contributed by atoms with Crippen molar-refractivity contribution in [3.8, 4) is 0 Å². The zero-order valence-electron chi connectivity index (χ0n) is 7.46. The average molecular weight is 218 g/mol. The molecule has 0 saturated heterocycles. The molecule has 0 aliphatic carbocycles. The van der Waals surface area contributed by atoms with Gasteiger partial charge in [0, 0.05) is 5.41 Å². The van der Waals surface area contributed by atoms with E-state index in [0.717, 1.165) is 0 Å². The third kappa shape index (κ3) is 5.00. The van der Waals surface area contributed by atoms with Crippen molar-refractivity contribution in [3.63, 3.8) is 0 Å². The van der Waals surface area contributed by atoms with Crippen LogP contribution in [0.2, 0.25) is 0 Å². The minimum absolute atomic E-state index is 0. The lowest BCUT2D eigenvalue weighted by atomic mass is 9.86. The first-order valence-electron chi connectivity index (χ1n) is 3.54. The molecule has 13 heavy (non-hydrogen) atoms. The summed E-state index contributed by atoms with van der Waals surface area (Å²) < 4.78 is 24.4. The number of aliphatic carboxylic acids is 1. The molecule has 0 amide bonds. The number of halogens is 3. The van der Waals surface area contributed by atoms with Crippen molar-refractivity contribution in [3.05, 3.63) is 0 Å². The maximum absolute atomic E-state index is 12.2. The number of nitrogens with two attached hydrogens (primary N) is 1. The smallest absolute Gasteiger partial charge is 0.320 e. The van der Waals surface area contributed by atoms with Crippen molar-refractivity contribution in [2.24, 2.45) is 11.1 Å². The minimum atomic E-state index is -2.55. The van der Waals surface area contributed by atoms with Crippen LogP contribution >= 0.6 is 12.4 Å². The molecule has 0 bridgehead atoms. The van der Waals surface area contributed by atoms with Gasteiger partial charge in [-0.3, -0.25) is 4.79 Å². The van der Waals surface area contributed by atoms with E-state index in [1.54, 1.807) is 0 Å². The van der Waals surface area contributed by atoms with E-state index in [1.165, 1.54) is 13.8 Å². The van der Waals surface area contributed by atoms with Crippen LogP contribution in [-0.4, -0.2) is 23.5 Å². The minimum Gasteiger partial charge on any atom is -0.480 e. The molecule has 0 aliphatic rings. The molecule has 0 fully saturated rings. The Morgan fingerprint density at radius 3 is 2.15 bits per heavy atom. The van der Waals surface area contributed by atoms with Crippen LogP contribution in [0.15, 0.2) is 0 Å². The van der Waals surface area contributed by atoms with Gasteiger partial charge >= 0.3 is 5.97 Å². The maximum atomic E-state index is 12.2. The standard InChI is InChI=1S/C7H13F2NO2.ClH/c1-7(2,6(8)9)3-4(10)5(11)12;/h4,6H,3,10H2,1-2H3,(H,11,12);1H. The van der Waals surface area contributed by atoms with Crippen LogP contribution < -0.4 is 5.73 Å². The summed E-state index contributed by atoms with van der Waals surface area (Å²) in [4.78, 5) is 10.2. The largest absolute Gasteiger partial charge is 0.480 e. The van der Waals surface area contributed by atoms with E-state index in [4.69, 9.17) is 10.8 Å². The topological polar surface area (TPSA) is 63.3 Å². The van der Waals surface area contributed by atoms with Crippen molar-refractivity contribution in [2.45, 2.75) is 32.7 Å². The lowest BCUT2D eigenvalue weighted by Gasteiger charge is -2.24. The van der Waals surface area contributed by atoms with Crippen LogP contribution in [0, 0.1) is 5.41 Å². The van der Waals surface area contributed by atoms with Crippen LogP contribution in [0.3, 0.4) is 0 Å². The van der Waals surface area contributed by atoms with Crippen LogP contribution in [0.4, 0.5) is 8.78 Å². The summed E-state index contributed by atoms with van der Waals surface area (Å²) in [5.41, 5.74) is 3.77. The normalized spacial score (nSPS) is 13.7. The summed E-state index contributed by atoms with van der Waals surface area (Å²) in [6.07, 6.45) is -2.78. The molecule has 0 saturated carbocycles. The molecule has 80 valence electrons. The van der Waals surface area contributed by atoms with Crippen LogP contribution in [-0.2, 0) is 4.79 Å². The van der Waals surface area contributed by atoms with Crippen molar-refractivity contribution in [2.75, 3.05) is 0 Å². The highest BCUT2D eigenvalue weighted by atomic mass is 35.5. The van der Waals surface area contributed by atoms with Gasteiger partial charge in [0.1, 0.15) is 6.04 Å². The van der Waals surface area contributed by atoms with E-state index >= 15 is 0 Å². The van der Waals surface area contributed by atoms with Gasteiger partial charge in [0.15, 0.2) is 0 Å². The zero-order valence-corrected chi connectivity index (χ0v) is 8.28. The summed E-state index contributed by atoms with van der Waals surface area (Å²) >= 11 is 0. The molecule has 0 spiro atoms. The fourth-order valence-electron chi connectivity index (χ4n) is 0.743. The monoisotopic (exact) mass is 217 g/mol. The van der Waals surface area contributed by atoms with Gasteiger partial charge in [0.05, 0.1) is 0 Å². The predicted octanol–water partition coefficient (Wildman–Crippen LogP) is 1.50. The molecule has 0 rings (SSSR count). The van der Waals surface area contributed by atoms with Gasteiger partial charge in [-0.05, 0) is 6.42 Å². The lowest BCUT2D eigenvalue weighted by molar-refractivity contribution is -0.140. The van der Waals surface area contributed by atoms with Crippen molar-refractivity contribution in [1.29, 1.82) is 0 Å². The lowest BCUT2D eigenvalue weighted by Crippen LogP contribution is -2.37. The van der Waals surface area contributed by atoms with Gasteiger partial charge in [-0.2, -0.15) is 0 Å². The van der Waals surface area contributed by atoms with E-state index in [0.29, 0.717) is 0 Å². The Morgan fingerprint density at radius 1 is 1.54 bits per heavy atom. The average Bonchev–Trinajstić information content (AvgIpc) is 1.85. The first kappa shape index (κ1) is 15.1. The second kappa shape index (κ2) is 5.34. The highest BCUT2D eigenvalue weighted by Crippen LogP contribution is 2.29. The molecule has 0 aromatic carbocycles. The number of carboxylic acids is 1. The Labute approximate surface area is 81.7 Å². The second-order valence-corrected chi connectivity index (χ2v) is 3.44. The summed E-state index contributed by atoms with van der Waals surface area (Å²) in [5, 5.41) is 8.36. The molecule has 1 unspecified atom stereocenters. The maximum Gasteiger partial charge on any atom is 0.320 e. The van der Waals surface area contributed by atoms with E-state index < -0.39 is 23.9 Å². The van der Waals surface area contributed by atoms with E-state index in [1.807, 2.05) is 0 Å². The van der Waals surface area contributed by atoms with Gasteiger partial charge < -0.3 is 10.8 Å². The summed E-state index contributed by atoms with van der Waals surface area (Å²) in [5.74, 6) is -1.25. The fraction of sp³-hybridized carbons (Fsp3) is 0.857. The molecule has 0 aromatic rings. The van der Waals surface area contributed by atoms with Crippen LogP contribution in [0.1, 0.15) is 20.3 Å². The Bertz CT molecular complexity index is 176. The number of hydrogen-bond acceptors (Lipinski definition) is 2. The number of carboxylic acid groups (broad SMARTS) is 1. The summed E-state index contributed by atoms with van der Waals surface area (Å²) in [6.45, 7) is 2.58. The van der Waals surface area contributed by atoms with Gasteiger partial charge in [-0.25, -0.2) is 8.78 Å². The molecule has 3 N–H and O–H groups in total. The van der Waals surface area contributed by atoms with Crippen molar-refractivity contribution >= 4 is 18.4 Å². The Kier molecular flexibility index (Phi) is 6.19. The highest BCUT2D eigenvalue weighted by molar-refractivity contribution is 5.85. The summed E-state index contributed by atoms with van der Waals surface area (Å²) in [6, 6.07) is -1.21. The molecule has 1 atom stereocenters. The van der Waals surface area contributed by atoms with Crippen LogP contribution in [0.25, 0.3) is 0 Å². The third-order valence-electron chi connectivity index (χ3n) is 1.65. The third-order valence-corrected chi connectivity index (χ3v) is 1.65. The summed E-state index contributed by atoms with van der Waals surface area (Å²) in [7, 11) is 0. The number of hydrogen-bond donors (Lipinski definition) is 2. The zero-order chi connectivity index (χ0) is 9.94. The SMILES string of the molecule is CC(C)(CC(N)C(=O)O)C(F)F.Cl. The first-order valence-corrected chi connectivity index (χ1v) is 3.54. The molecule has 0 aromatic heterocycles. The van der Waals surface area contributed by atoms with Crippen molar-refractivity contribution < 1.29 is 18.7 Å². The number of rotatable bonds is 4. The van der Waals surface area contributed by atoms with Gasteiger partial charge in [0.25, 0.3) is 0 Å². The number of carbonyl (C=O) groups is 1. The molecule has 0 heterocycles. The second-order valence-electron chi connectivity index (χ2n) is 3.44. The van der Waals surface area contributed by atoms with E-state index in [2.05, 4.69) is 0 Å². The Balaban J connectivity index is 0. The molecule has 3 nitrogen and oxygen atoms in total. The quantitative estimate of drug-likeness (QED) is 0.750. The van der Waals surface area contributed by atoms with Gasteiger partial charge in [0.2, 0.25) is 6.43 Å². The van der Waals surface area contributed by atoms with Crippen molar-refractivity contribution in [1.82, 2.24) is 0 Å². The molecular weight excluding hydrogens is 204 g/mol. The van der Waals surface area contributed by atoms with Crippen LogP contribution in [0.5, 0.6) is 0 Å². The Hall–Kier alpha value is -0.420. The van der Waals surface area contributed by atoms with Gasteiger partial charge in [-0.1, -0.05) is 13.8 Å². The molecule has 0 radical (unpaired) electrons. The molecule has 6 heteroatoms. The fourth-order valence-corrected chi connectivity index (χ4v) is 0.743. The van der Waals surface area contributed by atoms with E-state index in [-0.39, 0.29) is 18.8 Å². The molecular formula is C7H14ClF2NO2. The highest BCUT2D eigenvalue weighted by Gasteiger charge is 2.33. The Morgan fingerprint density at radius 2 is 1.92 bits per heavy atom. The van der Waals surface area contributed by atoms with E-state index in [9.17, 15) is 13.6 Å². The predicted molar refractivity (Wildman–Crippen MR) is 47.3 cm³/mol. The van der Waals surface area contributed by atoms with Gasteiger partial charge in [-0.15, -0.1) is 12.4 Å².